The summed E-state index contributed by atoms with van der Waals surface area (Å²) in [5.74, 6) is -2.08. The Bertz CT molecular complexity index is 961. The lowest BCUT2D eigenvalue weighted by Gasteiger charge is -2.30. The Morgan fingerprint density at radius 3 is 2.37 bits per heavy atom. The molecule has 0 saturated carbocycles. The van der Waals surface area contributed by atoms with Gasteiger partial charge >= 0.3 is 0 Å². The molecule has 1 aliphatic heterocycles. The first kappa shape index (κ1) is 19.7. The molecular formula is C18H17ClF2N2O3S. The van der Waals surface area contributed by atoms with Crippen LogP contribution in [-0.4, -0.2) is 31.7 Å². The minimum absolute atomic E-state index is 0.0985. The Hall–Kier alpha value is -2.03. The third-order valence-corrected chi connectivity index (χ3v) is 6.69. The number of amides is 1. The Balaban J connectivity index is 1.63. The number of halogens is 3. The molecule has 2 aromatic rings. The van der Waals surface area contributed by atoms with Gasteiger partial charge in [-0.3, -0.25) is 4.79 Å². The number of hydrogen-bond donors (Lipinski definition) is 1. The molecule has 1 fully saturated rings. The van der Waals surface area contributed by atoms with Crippen LogP contribution in [0.4, 0.5) is 14.5 Å². The van der Waals surface area contributed by atoms with E-state index in [1.54, 1.807) is 0 Å². The average molecular weight is 415 g/mol. The van der Waals surface area contributed by atoms with Crippen molar-refractivity contribution in [1.29, 1.82) is 0 Å². The van der Waals surface area contributed by atoms with Gasteiger partial charge in [-0.05, 0) is 43.2 Å². The van der Waals surface area contributed by atoms with Crippen LogP contribution in [0.1, 0.15) is 12.8 Å². The molecule has 0 aliphatic carbocycles. The van der Waals surface area contributed by atoms with Crippen molar-refractivity contribution in [3.63, 3.8) is 0 Å². The van der Waals surface area contributed by atoms with Crippen molar-refractivity contribution >= 4 is 33.2 Å². The highest BCUT2D eigenvalue weighted by atomic mass is 35.5. The summed E-state index contributed by atoms with van der Waals surface area (Å²) in [6.07, 6.45) is 0.600. The van der Waals surface area contributed by atoms with Gasteiger partial charge in [0.25, 0.3) is 0 Å². The van der Waals surface area contributed by atoms with E-state index in [1.807, 2.05) is 0 Å². The monoisotopic (exact) mass is 414 g/mol. The van der Waals surface area contributed by atoms with Gasteiger partial charge in [-0.15, -0.1) is 0 Å². The van der Waals surface area contributed by atoms with Crippen molar-refractivity contribution in [3.05, 3.63) is 59.1 Å². The van der Waals surface area contributed by atoms with Gasteiger partial charge in [0.2, 0.25) is 15.9 Å². The number of carbonyl (C=O) groups is 1. The molecule has 1 N–H and O–H groups in total. The molecular weight excluding hydrogens is 398 g/mol. The van der Waals surface area contributed by atoms with Crippen LogP contribution in [0.25, 0.3) is 0 Å². The number of anilines is 1. The lowest BCUT2D eigenvalue weighted by molar-refractivity contribution is -0.120. The zero-order valence-corrected chi connectivity index (χ0v) is 15.7. The van der Waals surface area contributed by atoms with Gasteiger partial charge in [0, 0.05) is 24.7 Å². The summed E-state index contributed by atoms with van der Waals surface area (Å²) in [6.45, 7) is 0.220. The van der Waals surface area contributed by atoms with Crippen LogP contribution in [0.15, 0.2) is 47.4 Å². The van der Waals surface area contributed by atoms with E-state index in [0.29, 0.717) is 18.5 Å². The standard InChI is InChI=1S/C18H17ClF2N2O3S/c19-14-11-13(5-6-15(14)20)22-18(24)12-7-9-23(10-8-12)27(25,26)17-4-2-1-3-16(17)21/h1-6,11-12H,7-10H2,(H,22,24). The third kappa shape index (κ3) is 4.28. The summed E-state index contributed by atoms with van der Waals surface area (Å²) < 4.78 is 53.4. The number of hydrogen-bond acceptors (Lipinski definition) is 3. The number of carbonyl (C=O) groups excluding carboxylic acids is 1. The summed E-state index contributed by atoms with van der Waals surface area (Å²) in [5.41, 5.74) is 0.368. The molecule has 0 atom stereocenters. The van der Waals surface area contributed by atoms with Crippen molar-refractivity contribution in [2.24, 2.45) is 5.92 Å². The second kappa shape index (κ2) is 7.92. The van der Waals surface area contributed by atoms with Gasteiger partial charge in [-0.2, -0.15) is 4.31 Å². The van der Waals surface area contributed by atoms with Crippen molar-refractivity contribution in [1.82, 2.24) is 4.31 Å². The third-order valence-electron chi connectivity index (χ3n) is 4.47. The number of benzene rings is 2. The maximum absolute atomic E-state index is 13.8. The van der Waals surface area contributed by atoms with Crippen molar-refractivity contribution in [2.45, 2.75) is 17.7 Å². The molecule has 1 amide bonds. The highest BCUT2D eigenvalue weighted by Gasteiger charge is 2.33. The first-order valence-electron chi connectivity index (χ1n) is 8.29. The van der Waals surface area contributed by atoms with E-state index in [1.165, 1.54) is 34.6 Å². The minimum atomic E-state index is -3.94. The molecule has 144 valence electrons. The van der Waals surface area contributed by atoms with Gasteiger partial charge in [0.15, 0.2) is 0 Å². The van der Waals surface area contributed by atoms with Crippen LogP contribution in [0.3, 0.4) is 0 Å². The van der Waals surface area contributed by atoms with E-state index in [9.17, 15) is 22.0 Å². The molecule has 9 heteroatoms. The number of nitrogens with zero attached hydrogens (tertiary/aromatic N) is 1. The fourth-order valence-corrected chi connectivity index (χ4v) is 4.68. The second-order valence-electron chi connectivity index (χ2n) is 6.23. The first-order chi connectivity index (χ1) is 12.8. The van der Waals surface area contributed by atoms with Crippen LogP contribution in [0.5, 0.6) is 0 Å². The van der Waals surface area contributed by atoms with Crippen LogP contribution < -0.4 is 5.32 Å². The van der Waals surface area contributed by atoms with E-state index in [0.717, 1.165) is 12.1 Å². The Kier molecular flexibility index (Phi) is 5.78. The quantitative estimate of drug-likeness (QED) is 0.830. The Morgan fingerprint density at radius 2 is 1.74 bits per heavy atom. The molecule has 2 aromatic carbocycles. The normalized spacial score (nSPS) is 16.3. The SMILES string of the molecule is O=C(Nc1ccc(F)c(Cl)c1)C1CCN(S(=O)(=O)c2ccccc2F)CC1. The lowest BCUT2D eigenvalue weighted by Crippen LogP contribution is -2.41. The van der Waals surface area contributed by atoms with E-state index in [4.69, 9.17) is 11.6 Å². The van der Waals surface area contributed by atoms with Gasteiger partial charge in [-0.25, -0.2) is 17.2 Å². The Labute approximate surface area is 161 Å². The van der Waals surface area contributed by atoms with Crippen molar-refractivity contribution in [3.8, 4) is 0 Å². The minimum Gasteiger partial charge on any atom is -0.326 e. The highest BCUT2D eigenvalue weighted by Crippen LogP contribution is 2.27. The first-order valence-corrected chi connectivity index (χ1v) is 10.1. The molecule has 1 heterocycles. The summed E-state index contributed by atoms with van der Waals surface area (Å²) in [7, 11) is -3.94. The van der Waals surface area contributed by atoms with Gasteiger partial charge in [0.1, 0.15) is 16.5 Å². The maximum Gasteiger partial charge on any atom is 0.245 e. The predicted molar refractivity (Wildman–Crippen MR) is 97.9 cm³/mol. The van der Waals surface area contributed by atoms with E-state index >= 15 is 0 Å². The van der Waals surface area contributed by atoms with E-state index < -0.39 is 27.6 Å². The summed E-state index contributed by atoms with van der Waals surface area (Å²) in [4.78, 5) is 12.0. The van der Waals surface area contributed by atoms with Crippen LogP contribution >= 0.6 is 11.6 Å². The molecule has 0 spiro atoms. The maximum atomic E-state index is 13.8. The van der Waals surface area contributed by atoms with E-state index in [-0.39, 0.29) is 28.9 Å². The van der Waals surface area contributed by atoms with Crippen molar-refractivity contribution in [2.75, 3.05) is 18.4 Å². The molecule has 27 heavy (non-hydrogen) atoms. The zero-order chi connectivity index (χ0) is 19.6. The zero-order valence-electron chi connectivity index (χ0n) is 14.2. The largest absolute Gasteiger partial charge is 0.326 e. The summed E-state index contributed by atoms with van der Waals surface area (Å²) in [5, 5.41) is 2.56. The highest BCUT2D eigenvalue weighted by molar-refractivity contribution is 7.89. The average Bonchev–Trinajstić information content (AvgIpc) is 2.65. The molecule has 1 aliphatic rings. The number of rotatable bonds is 4. The Morgan fingerprint density at radius 1 is 1.07 bits per heavy atom. The number of nitrogens with one attached hydrogen (secondary N) is 1. The van der Waals surface area contributed by atoms with Crippen LogP contribution in [-0.2, 0) is 14.8 Å². The van der Waals surface area contributed by atoms with Gasteiger partial charge in [-0.1, -0.05) is 23.7 Å². The molecule has 0 aromatic heterocycles. The number of piperidine rings is 1. The van der Waals surface area contributed by atoms with Crippen LogP contribution in [0.2, 0.25) is 5.02 Å². The van der Waals surface area contributed by atoms with Gasteiger partial charge in [0.05, 0.1) is 5.02 Å². The molecule has 0 bridgehead atoms. The molecule has 0 unspecified atom stereocenters. The molecule has 3 rings (SSSR count). The van der Waals surface area contributed by atoms with Gasteiger partial charge < -0.3 is 5.32 Å². The summed E-state index contributed by atoms with van der Waals surface area (Å²) in [6, 6.07) is 9.07. The fourth-order valence-electron chi connectivity index (χ4n) is 2.97. The lowest BCUT2D eigenvalue weighted by atomic mass is 9.97. The predicted octanol–water partition coefficient (Wildman–Crippen LogP) is 3.66. The molecule has 0 radical (unpaired) electrons. The molecule has 1 saturated heterocycles. The van der Waals surface area contributed by atoms with Crippen LogP contribution in [0, 0.1) is 17.6 Å². The molecule has 5 nitrogen and oxygen atoms in total. The second-order valence-corrected chi connectivity index (χ2v) is 8.54. The number of sulfonamides is 1. The van der Waals surface area contributed by atoms with E-state index in [2.05, 4.69) is 5.32 Å². The fraction of sp³-hybridized carbons (Fsp3) is 0.278. The van der Waals surface area contributed by atoms with Crippen molar-refractivity contribution < 1.29 is 22.0 Å². The summed E-state index contributed by atoms with van der Waals surface area (Å²) >= 11 is 5.69. The smallest absolute Gasteiger partial charge is 0.245 e. The topological polar surface area (TPSA) is 66.5 Å².